The first-order valence-electron chi connectivity index (χ1n) is 7.65. The Bertz CT molecular complexity index is 1010. The average Bonchev–Trinajstić information content (AvgIpc) is 2.63. The monoisotopic (exact) mass is 372 g/mol. The van der Waals surface area contributed by atoms with Gasteiger partial charge in [0.1, 0.15) is 11.6 Å². The molecule has 0 saturated heterocycles. The zero-order valence-electron chi connectivity index (χ0n) is 13.5. The second kappa shape index (κ2) is 7.41. The van der Waals surface area contributed by atoms with Crippen LogP contribution < -0.4 is 15.8 Å². The van der Waals surface area contributed by atoms with Gasteiger partial charge in [-0.2, -0.15) is 0 Å². The van der Waals surface area contributed by atoms with Gasteiger partial charge in [0, 0.05) is 21.5 Å². The van der Waals surface area contributed by atoms with Crippen molar-refractivity contribution in [3.05, 3.63) is 71.0 Å². The number of carbonyl (C=O) groups is 2. The van der Waals surface area contributed by atoms with Crippen molar-refractivity contribution in [2.24, 2.45) is 5.73 Å². The van der Waals surface area contributed by atoms with Crippen LogP contribution in [0.5, 0.6) is 5.75 Å². The number of halogens is 2. The highest BCUT2D eigenvalue weighted by atomic mass is 35.5. The van der Waals surface area contributed by atoms with Crippen molar-refractivity contribution in [2.75, 3.05) is 11.9 Å². The summed E-state index contributed by atoms with van der Waals surface area (Å²) in [5.74, 6) is -1.62. The molecule has 7 heteroatoms. The number of nitrogens with one attached hydrogen (secondary N) is 1. The Labute approximate surface area is 153 Å². The normalized spacial score (nSPS) is 10.5. The van der Waals surface area contributed by atoms with Gasteiger partial charge in [-0.3, -0.25) is 9.59 Å². The van der Waals surface area contributed by atoms with Crippen molar-refractivity contribution < 1.29 is 18.7 Å². The number of primary amides is 1. The Kier molecular flexibility index (Phi) is 5.04. The SMILES string of the molecule is NC(=O)c1cc(NC(=O)COc2ccc(Cl)c3ccccc23)ccc1F. The maximum atomic E-state index is 13.5. The van der Waals surface area contributed by atoms with Gasteiger partial charge in [0.05, 0.1) is 5.56 Å². The summed E-state index contributed by atoms with van der Waals surface area (Å²) >= 11 is 6.15. The van der Waals surface area contributed by atoms with Crippen LogP contribution in [0.3, 0.4) is 0 Å². The summed E-state index contributed by atoms with van der Waals surface area (Å²) in [6.07, 6.45) is 0. The maximum Gasteiger partial charge on any atom is 0.262 e. The van der Waals surface area contributed by atoms with Crippen LogP contribution in [0.25, 0.3) is 10.8 Å². The fourth-order valence-corrected chi connectivity index (χ4v) is 2.72. The Morgan fingerprint density at radius 3 is 2.54 bits per heavy atom. The molecule has 0 bridgehead atoms. The van der Waals surface area contributed by atoms with Crippen molar-refractivity contribution in [1.82, 2.24) is 0 Å². The van der Waals surface area contributed by atoms with Gasteiger partial charge in [0.2, 0.25) is 0 Å². The molecule has 0 saturated carbocycles. The molecule has 0 aromatic heterocycles. The molecule has 0 aliphatic heterocycles. The molecular formula is C19H14ClFN2O3. The van der Waals surface area contributed by atoms with E-state index in [0.717, 1.165) is 16.8 Å². The molecule has 3 rings (SSSR count). The molecule has 0 fully saturated rings. The Balaban J connectivity index is 1.71. The number of amides is 2. The summed E-state index contributed by atoms with van der Waals surface area (Å²) in [7, 11) is 0. The molecule has 0 unspecified atom stereocenters. The standard InChI is InChI=1S/C19H14ClFN2O3/c20-15-6-8-17(13-4-2-1-3-12(13)15)26-10-18(24)23-11-5-7-16(21)14(9-11)19(22)25/h1-9H,10H2,(H2,22,25)(H,23,24). The lowest BCUT2D eigenvalue weighted by Gasteiger charge is -2.11. The summed E-state index contributed by atoms with van der Waals surface area (Å²) < 4.78 is 19.0. The fraction of sp³-hybridized carbons (Fsp3) is 0.0526. The molecule has 3 aromatic rings. The highest BCUT2D eigenvalue weighted by Gasteiger charge is 2.12. The van der Waals surface area contributed by atoms with Crippen LogP contribution in [0.1, 0.15) is 10.4 Å². The first-order chi connectivity index (χ1) is 12.5. The third-order valence-corrected chi connectivity index (χ3v) is 4.03. The number of hydrogen-bond donors (Lipinski definition) is 2. The second-order valence-corrected chi connectivity index (χ2v) is 5.89. The van der Waals surface area contributed by atoms with E-state index >= 15 is 0 Å². The van der Waals surface area contributed by atoms with Gasteiger partial charge in [-0.15, -0.1) is 0 Å². The van der Waals surface area contributed by atoms with Crippen molar-refractivity contribution >= 4 is 39.9 Å². The number of benzene rings is 3. The van der Waals surface area contributed by atoms with E-state index in [1.165, 1.54) is 12.1 Å². The number of rotatable bonds is 5. The summed E-state index contributed by atoms with van der Waals surface area (Å²) in [5, 5.41) is 4.71. The first kappa shape index (κ1) is 17.7. The Morgan fingerprint density at radius 1 is 1.08 bits per heavy atom. The molecule has 26 heavy (non-hydrogen) atoms. The molecule has 0 radical (unpaired) electrons. The van der Waals surface area contributed by atoms with E-state index in [0.29, 0.717) is 10.8 Å². The van der Waals surface area contributed by atoms with E-state index < -0.39 is 17.6 Å². The summed E-state index contributed by atoms with van der Waals surface area (Å²) in [6.45, 7) is -0.269. The zero-order chi connectivity index (χ0) is 18.7. The molecule has 0 aliphatic rings. The predicted octanol–water partition coefficient (Wildman–Crippen LogP) is 3.75. The summed E-state index contributed by atoms with van der Waals surface area (Å²) in [5.41, 5.74) is 5.03. The first-order valence-corrected chi connectivity index (χ1v) is 8.03. The third kappa shape index (κ3) is 3.75. The lowest BCUT2D eigenvalue weighted by Crippen LogP contribution is -2.21. The van der Waals surface area contributed by atoms with Crippen LogP contribution >= 0.6 is 11.6 Å². The van der Waals surface area contributed by atoms with Gasteiger partial charge < -0.3 is 15.8 Å². The lowest BCUT2D eigenvalue weighted by atomic mass is 10.1. The van der Waals surface area contributed by atoms with Crippen molar-refractivity contribution in [2.45, 2.75) is 0 Å². The Hall–Kier alpha value is -3.12. The predicted molar refractivity (Wildman–Crippen MR) is 98.0 cm³/mol. The van der Waals surface area contributed by atoms with Gasteiger partial charge in [-0.1, -0.05) is 35.9 Å². The Morgan fingerprint density at radius 2 is 1.81 bits per heavy atom. The number of fused-ring (bicyclic) bond motifs is 1. The number of nitrogens with two attached hydrogens (primary N) is 1. The van der Waals surface area contributed by atoms with Gasteiger partial charge >= 0.3 is 0 Å². The molecule has 0 aliphatic carbocycles. The number of ether oxygens (including phenoxy) is 1. The van der Waals surface area contributed by atoms with E-state index in [1.807, 2.05) is 24.3 Å². The van der Waals surface area contributed by atoms with Crippen LogP contribution in [0.2, 0.25) is 5.02 Å². The van der Waals surface area contributed by atoms with Gasteiger partial charge in [0.15, 0.2) is 6.61 Å². The molecule has 0 atom stereocenters. The van der Waals surface area contributed by atoms with Gasteiger partial charge in [-0.05, 0) is 30.3 Å². The minimum atomic E-state index is -0.914. The molecule has 5 nitrogen and oxygen atoms in total. The molecule has 3 N–H and O–H groups in total. The average molecular weight is 373 g/mol. The second-order valence-electron chi connectivity index (χ2n) is 5.49. The van der Waals surface area contributed by atoms with Crippen LogP contribution in [-0.4, -0.2) is 18.4 Å². The molecular weight excluding hydrogens is 359 g/mol. The van der Waals surface area contributed by atoms with Crippen molar-refractivity contribution in [1.29, 1.82) is 0 Å². The third-order valence-electron chi connectivity index (χ3n) is 3.71. The minimum absolute atomic E-state index is 0.245. The maximum absolute atomic E-state index is 13.5. The largest absolute Gasteiger partial charge is 0.483 e. The zero-order valence-corrected chi connectivity index (χ0v) is 14.2. The van der Waals surface area contributed by atoms with Crippen LogP contribution in [0.4, 0.5) is 10.1 Å². The fourth-order valence-electron chi connectivity index (χ4n) is 2.49. The highest BCUT2D eigenvalue weighted by molar-refractivity contribution is 6.35. The lowest BCUT2D eigenvalue weighted by molar-refractivity contribution is -0.118. The molecule has 2 amide bonds. The quantitative estimate of drug-likeness (QED) is 0.715. The summed E-state index contributed by atoms with van der Waals surface area (Å²) in [4.78, 5) is 23.2. The number of anilines is 1. The van der Waals surface area contributed by atoms with Crippen molar-refractivity contribution in [3.8, 4) is 5.75 Å². The molecule has 0 spiro atoms. The highest BCUT2D eigenvalue weighted by Crippen LogP contribution is 2.31. The topological polar surface area (TPSA) is 81.4 Å². The molecule has 0 heterocycles. The summed E-state index contributed by atoms with van der Waals surface area (Å²) in [6, 6.07) is 14.3. The minimum Gasteiger partial charge on any atom is -0.483 e. The van der Waals surface area contributed by atoms with E-state index in [-0.39, 0.29) is 17.9 Å². The van der Waals surface area contributed by atoms with Gasteiger partial charge in [0.25, 0.3) is 11.8 Å². The molecule has 3 aromatic carbocycles. The van der Waals surface area contributed by atoms with E-state index in [9.17, 15) is 14.0 Å². The van der Waals surface area contributed by atoms with E-state index in [1.54, 1.807) is 12.1 Å². The molecule has 132 valence electrons. The van der Waals surface area contributed by atoms with E-state index in [2.05, 4.69) is 5.32 Å². The van der Waals surface area contributed by atoms with Crippen LogP contribution in [-0.2, 0) is 4.79 Å². The van der Waals surface area contributed by atoms with Crippen LogP contribution in [0, 0.1) is 5.82 Å². The van der Waals surface area contributed by atoms with Gasteiger partial charge in [-0.25, -0.2) is 4.39 Å². The van der Waals surface area contributed by atoms with Crippen LogP contribution in [0.15, 0.2) is 54.6 Å². The smallest absolute Gasteiger partial charge is 0.262 e. The van der Waals surface area contributed by atoms with E-state index in [4.69, 9.17) is 22.1 Å². The number of hydrogen-bond acceptors (Lipinski definition) is 3. The number of carbonyl (C=O) groups excluding carboxylic acids is 2. The van der Waals surface area contributed by atoms with Crippen molar-refractivity contribution in [3.63, 3.8) is 0 Å².